The zero-order valence-electron chi connectivity index (χ0n) is 6.41. The zero-order valence-corrected chi connectivity index (χ0v) is 6.41. The largest absolute Gasteiger partial charge is 0.394 e. The van der Waals surface area contributed by atoms with Crippen LogP contribution in [0.2, 0.25) is 0 Å². The van der Waals surface area contributed by atoms with Crippen LogP contribution in [0.1, 0.15) is 0 Å². The molecule has 0 fully saturated rings. The Kier molecular flexibility index (Phi) is 5.31. The Morgan fingerprint density at radius 1 is 1.00 bits per heavy atom. The molecule has 0 radical (unpaired) electrons. The lowest BCUT2D eigenvalue weighted by Gasteiger charge is -2.24. The van der Waals surface area contributed by atoms with Crippen molar-refractivity contribution in [1.82, 2.24) is 0 Å². The van der Waals surface area contributed by atoms with E-state index in [4.69, 9.17) is 30.6 Å². The van der Waals surface area contributed by atoms with Crippen molar-refractivity contribution in [2.45, 2.75) is 24.4 Å². The van der Waals surface area contributed by atoms with Crippen LogP contribution < -0.4 is 0 Å². The second kappa shape index (κ2) is 5.41. The molecule has 0 aromatic heterocycles. The Balaban J connectivity index is 3.99. The van der Waals surface area contributed by atoms with Gasteiger partial charge in [0.1, 0.15) is 24.4 Å². The third-order valence-corrected chi connectivity index (χ3v) is 1.51. The Bertz CT molecular complexity index is 105. The highest BCUT2D eigenvalue weighted by Gasteiger charge is 2.29. The van der Waals surface area contributed by atoms with Gasteiger partial charge in [-0.05, 0) is 0 Å². The molecule has 12 heavy (non-hydrogen) atoms. The van der Waals surface area contributed by atoms with Gasteiger partial charge in [-0.25, -0.2) is 0 Å². The van der Waals surface area contributed by atoms with Crippen LogP contribution >= 0.6 is 0 Å². The molecule has 0 aromatic rings. The molecular weight excluding hydrogens is 170 g/mol. The first-order valence-electron chi connectivity index (χ1n) is 3.48. The average Bonchev–Trinajstić information content (AvgIpc) is 2.12. The molecule has 6 nitrogen and oxygen atoms in total. The van der Waals surface area contributed by atoms with Crippen LogP contribution in [0.4, 0.5) is 0 Å². The molecule has 0 aromatic carbocycles. The molecule has 0 saturated heterocycles. The van der Waals surface area contributed by atoms with Gasteiger partial charge in [0, 0.05) is 0 Å². The van der Waals surface area contributed by atoms with Crippen molar-refractivity contribution in [2.24, 2.45) is 0 Å². The fourth-order valence-electron chi connectivity index (χ4n) is 0.671. The van der Waals surface area contributed by atoms with E-state index in [0.717, 1.165) is 0 Å². The van der Waals surface area contributed by atoms with E-state index in [2.05, 4.69) is 0 Å². The maximum Gasteiger partial charge on any atom is 0.111 e. The standard InChI is InChI=1S/C6H14O6/c7-1-3(9)5(11)6(12)4(10)2-8/h3-12H,1-2H2/t3-,4+,5-,6-/m1/s1/i1+2/t3-,4+,5+,6+/m0. The predicted octanol–water partition coefficient (Wildman–Crippen LogP) is -3.59. The van der Waals surface area contributed by atoms with Gasteiger partial charge in [0.05, 0.1) is 13.2 Å². The normalized spacial score (nSPS) is 21.5. The Hall–Kier alpha value is -0.240. The first-order chi connectivity index (χ1) is 5.54. The topological polar surface area (TPSA) is 121 Å². The predicted molar refractivity (Wildman–Crippen MR) is 38.2 cm³/mol. The highest BCUT2D eigenvalue weighted by atomic mass is 16.5. The Morgan fingerprint density at radius 2 is 1.50 bits per heavy atom. The van der Waals surface area contributed by atoms with Crippen molar-refractivity contribution in [3.63, 3.8) is 0 Å². The third-order valence-electron chi connectivity index (χ3n) is 1.51. The highest BCUT2D eigenvalue weighted by Crippen LogP contribution is 2.03. The fraction of sp³-hybridized carbons (Fsp3) is 1.00. The van der Waals surface area contributed by atoms with Crippen molar-refractivity contribution >= 4 is 0 Å². The van der Waals surface area contributed by atoms with E-state index in [0.29, 0.717) is 0 Å². The molecule has 4 atom stereocenters. The van der Waals surface area contributed by atoms with E-state index in [-0.39, 0.29) is 0 Å². The molecule has 0 aliphatic rings. The van der Waals surface area contributed by atoms with Gasteiger partial charge in [0.25, 0.3) is 0 Å². The van der Waals surface area contributed by atoms with E-state index < -0.39 is 37.6 Å². The van der Waals surface area contributed by atoms with Gasteiger partial charge >= 0.3 is 0 Å². The van der Waals surface area contributed by atoms with Gasteiger partial charge < -0.3 is 30.6 Å². The van der Waals surface area contributed by atoms with Crippen LogP contribution in [0.15, 0.2) is 0 Å². The Morgan fingerprint density at radius 3 is 1.83 bits per heavy atom. The summed E-state index contributed by atoms with van der Waals surface area (Å²) in [7, 11) is 0. The van der Waals surface area contributed by atoms with Crippen LogP contribution in [-0.2, 0) is 0 Å². The SMILES string of the molecule is OC[C@@H](O)[C@@H](O)[C@H](O)[C@@H](O)[14CH2]O. The van der Waals surface area contributed by atoms with Crippen LogP contribution in [0.3, 0.4) is 0 Å². The number of hydrogen-bond acceptors (Lipinski definition) is 6. The van der Waals surface area contributed by atoms with Gasteiger partial charge in [-0.2, -0.15) is 0 Å². The number of rotatable bonds is 5. The summed E-state index contributed by atoms with van der Waals surface area (Å²) in [5, 5.41) is 52.2. The summed E-state index contributed by atoms with van der Waals surface area (Å²) in [5.74, 6) is 0. The van der Waals surface area contributed by atoms with Gasteiger partial charge in [0.15, 0.2) is 0 Å². The van der Waals surface area contributed by atoms with Crippen LogP contribution in [0.25, 0.3) is 0 Å². The van der Waals surface area contributed by atoms with Crippen molar-refractivity contribution in [3.05, 3.63) is 0 Å². The van der Waals surface area contributed by atoms with E-state index in [1.54, 1.807) is 0 Å². The first kappa shape index (κ1) is 11.8. The van der Waals surface area contributed by atoms with E-state index in [1.165, 1.54) is 0 Å². The highest BCUT2D eigenvalue weighted by molar-refractivity contribution is 4.79. The lowest BCUT2D eigenvalue weighted by atomic mass is 10.1. The van der Waals surface area contributed by atoms with E-state index in [9.17, 15) is 0 Å². The smallest absolute Gasteiger partial charge is 0.111 e. The Labute approximate surface area is 69.3 Å². The molecule has 0 bridgehead atoms. The van der Waals surface area contributed by atoms with E-state index >= 15 is 0 Å². The number of aliphatic hydroxyl groups is 6. The lowest BCUT2D eigenvalue weighted by molar-refractivity contribution is -0.123. The molecule has 0 rings (SSSR count). The summed E-state index contributed by atoms with van der Waals surface area (Å²) in [5.41, 5.74) is 0. The minimum Gasteiger partial charge on any atom is -0.394 e. The summed E-state index contributed by atoms with van der Waals surface area (Å²) < 4.78 is 0. The lowest BCUT2D eigenvalue weighted by Crippen LogP contribution is -2.46. The summed E-state index contributed by atoms with van der Waals surface area (Å²) in [4.78, 5) is 0. The maximum atomic E-state index is 8.96. The molecule has 0 spiro atoms. The molecule has 0 unspecified atom stereocenters. The molecule has 0 heterocycles. The van der Waals surface area contributed by atoms with Crippen molar-refractivity contribution < 1.29 is 30.6 Å². The summed E-state index contributed by atoms with van der Waals surface area (Å²) in [6.07, 6.45) is -6.39. The molecule has 0 aliphatic heterocycles. The van der Waals surface area contributed by atoms with Crippen LogP contribution in [0, 0.1) is 0 Å². The van der Waals surface area contributed by atoms with Crippen molar-refractivity contribution in [2.75, 3.05) is 13.2 Å². The third kappa shape index (κ3) is 3.02. The molecule has 0 amide bonds. The minimum atomic E-state index is -1.67. The van der Waals surface area contributed by atoms with Crippen LogP contribution in [0.5, 0.6) is 0 Å². The van der Waals surface area contributed by atoms with Crippen molar-refractivity contribution in [3.8, 4) is 0 Å². The van der Waals surface area contributed by atoms with Gasteiger partial charge in [0.2, 0.25) is 0 Å². The second-order valence-electron chi connectivity index (χ2n) is 2.48. The maximum absolute atomic E-state index is 8.96. The van der Waals surface area contributed by atoms with Gasteiger partial charge in [-0.3, -0.25) is 0 Å². The summed E-state index contributed by atoms with van der Waals surface area (Å²) in [6, 6.07) is 0. The van der Waals surface area contributed by atoms with Gasteiger partial charge in [-0.1, -0.05) is 0 Å². The molecule has 0 saturated carbocycles. The number of aliphatic hydroxyl groups excluding tert-OH is 6. The molecule has 0 aliphatic carbocycles. The van der Waals surface area contributed by atoms with Crippen LogP contribution in [-0.4, -0.2) is 68.3 Å². The first-order valence-corrected chi connectivity index (χ1v) is 3.48. The zero-order chi connectivity index (χ0) is 9.72. The molecule has 6 N–H and O–H groups in total. The average molecular weight is 184 g/mol. The number of hydrogen-bond donors (Lipinski definition) is 6. The molecular formula is C6H14O6. The van der Waals surface area contributed by atoms with Gasteiger partial charge in [-0.15, -0.1) is 0 Å². The monoisotopic (exact) mass is 184 g/mol. The minimum absolute atomic E-state index is 0.726. The molecule has 6 heteroatoms. The summed E-state index contributed by atoms with van der Waals surface area (Å²) >= 11 is 0. The molecule has 74 valence electrons. The fourth-order valence-corrected chi connectivity index (χ4v) is 0.671. The quantitative estimate of drug-likeness (QED) is 0.263. The summed E-state index contributed by atoms with van der Waals surface area (Å²) in [6.45, 7) is -1.45. The van der Waals surface area contributed by atoms with E-state index in [1.807, 2.05) is 0 Å². The second-order valence-corrected chi connectivity index (χ2v) is 2.48. The van der Waals surface area contributed by atoms with Crippen molar-refractivity contribution in [1.29, 1.82) is 0 Å².